The molecule has 0 saturated carbocycles. The zero-order chi connectivity index (χ0) is 17.8. The summed E-state index contributed by atoms with van der Waals surface area (Å²) < 4.78 is 15.1. The van der Waals surface area contributed by atoms with Crippen LogP contribution in [0.4, 0.5) is 10.1 Å². The van der Waals surface area contributed by atoms with Crippen LogP contribution >= 0.6 is 0 Å². The molecule has 0 N–H and O–H groups in total. The Morgan fingerprint density at radius 2 is 1.72 bits per heavy atom. The van der Waals surface area contributed by atoms with E-state index >= 15 is 0 Å². The first kappa shape index (κ1) is 16.5. The third-order valence-corrected chi connectivity index (χ3v) is 3.99. The van der Waals surface area contributed by atoms with Gasteiger partial charge in [-0.05, 0) is 60.2 Å². The number of hydrogen-bond acceptors (Lipinski definition) is 2. The molecule has 2 aromatic carbocycles. The minimum Gasteiger partial charge on any atom is -0.378 e. The van der Waals surface area contributed by atoms with E-state index in [9.17, 15) is 9.65 Å². The minimum atomic E-state index is -0.314. The monoisotopic (exact) mass is 331 g/mol. The number of hydrogen-bond donors (Lipinski definition) is 0. The molecule has 4 heteroatoms. The van der Waals surface area contributed by atoms with E-state index in [4.69, 9.17) is 0 Å². The zero-order valence-electron chi connectivity index (χ0n) is 14.1. The third kappa shape index (κ3) is 3.61. The minimum absolute atomic E-state index is 0.314. The van der Waals surface area contributed by atoms with Crippen molar-refractivity contribution in [2.45, 2.75) is 0 Å². The lowest BCUT2D eigenvalue weighted by molar-refractivity contribution is 0.627. The Kier molecular flexibility index (Phi) is 4.67. The number of nitriles is 1. The van der Waals surface area contributed by atoms with Crippen molar-refractivity contribution in [1.82, 2.24) is 4.57 Å². The molecule has 3 nitrogen and oxygen atoms in total. The molecule has 0 spiro atoms. The van der Waals surface area contributed by atoms with Gasteiger partial charge in [-0.2, -0.15) is 5.26 Å². The SMILES string of the molecule is CN(C)c1ccc(-n2cccc2C=C(C#N)c2ccc(F)cc2)cc1. The highest BCUT2D eigenvalue weighted by Gasteiger charge is 2.06. The van der Waals surface area contributed by atoms with Crippen LogP contribution in [0.25, 0.3) is 17.3 Å². The summed E-state index contributed by atoms with van der Waals surface area (Å²) in [5, 5.41) is 9.48. The number of allylic oxidation sites excluding steroid dienone is 1. The van der Waals surface area contributed by atoms with Crippen LogP contribution in [0.15, 0.2) is 66.9 Å². The molecule has 3 rings (SSSR count). The van der Waals surface area contributed by atoms with Crippen LogP contribution < -0.4 is 4.90 Å². The van der Waals surface area contributed by atoms with E-state index in [1.165, 1.54) is 12.1 Å². The van der Waals surface area contributed by atoms with Crippen LogP contribution in [-0.2, 0) is 0 Å². The lowest BCUT2D eigenvalue weighted by atomic mass is 10.1. The largest absolute Gasteiger partial charge is 0.378 e. The first-order valence-electron chi connectivity index (χ1n) is 7.91. The molecule has 0 saturated heterocycles. The average molecular weight is 331 g/mol. The lowest BCUT2D eigenvalue weighted by Crippen LogP contribution is -2.08. The van der Waals surface area contributed by atoms with E-state index in [0.717, 1.165) is 17.1 Å². The van der Waals surface area contributed by atoms with Gasteiger partial charge >= 0.3 is 0 Å². The van der Waals surface area contributed by atoms with Gasteiger partial charge in [0.05, 0.1) is 11.6 Å². The maximum absolute atomic E-state index is 13.1. The predicted octanol–water partition coefficient (Wildman–Crippen LogP) is 4.75. The number of anilines is 1. The molecule has 0 aliphatic carbocycles. The molecule has 3 aromatic rings. The highest BCUT2D eigenvalue weighted by atomic mass is 19.1. The van der Waals surface area contributed by atoms with Gasteiger partial charge in [0.25, 0.3) is 0 Å². The Labute approximate surface area is 146 Å². The summed E-state index contributed by atoms with van der Waals surface area (Å²) in [6, 6.07) is 20.2. The summed E-state index contributed by atoms with van der Waals surface area (Å²) in [5.74, 6) is -0.314. The van der Waals surface area contributed by atoms with E-state index < -0.39 is 0 Å². The molecule has 0 fully saturated rings. The molecular formula is C21H18FN3. The second-order valence-electron chi connectivity index (χ2n) is 5.89. The molecule has 1 aromatic heterocycles. The number of halogens is 1. The van der Waals surface area contributed by atoms with E-state index in [1.807, 2.05) is 72.2 Å². The van der Waals surface area contributed by atoms with E-state index in [0.29, 0.717) is 11.1 Å². The fourth-order valence-corrected chi connectivity index (χ4v) is 2.62. The first-order valence-corrected chi connectivity index (χ1v) is 7.91. The Bertz CT molecular complexity index is 927. The van der Waals surface area contributed by atoms with Crippen molar-refractivity contribution in [3.63, 3.8) is 0 Å². The van der Waals surface area contributed by atoms with Crippen molar-refractivity contribution < 1.29 is 4.39 Å². The molecule has 1 heterocycles. The van der Waals surface area contributed by atoms with Crippen molar-refractivity contribution in [1.29, 1.82) is 5.26 Å². The maximum atomic E-state index is 13.1. The van der Waals surface area contributed by atoms with Gasteiger partial charge in [0.15, 0.2) is 0 Å². The molecule has 0 atom stereocenters. The van der Waals surface area contributed by atoms with Crippen LogP contribution in [-0.4, -0.2) is 18.7 Å². The fourth-order valence-electron chi connectivity index (χ4n) is 2.62. The van der Waals surface area contributed by atoms with Gasteiger partial charge in [0.2, 0.25) is 0 Å². The fraction of sp³-hybridized carbons (Fsp3) is 0.0952. The van der Waals surface area contributed by atoms with Crippen LogP contribution in [0.2, 0.25) is 0 Å². The second kappa shape index (κ2) is 7.06. The molecule has 124 valence electrons. The highest BCUT2D eigenvalue weighted by molar-refractivity contribution is 5.89. The Morgan fingerprint density at radius 1 is 1.04 bits per heavy atom. The van der Waals surface area contributed by atoms with E-state index in [2.05, 4.69) is 6.07 Å². The van der Waals surface area contributed by atoms with Gasteiger partial charge in [0, 0.05) is 37.4 Å². The first-order chi connectivity index (χ1) is 12.1. The van der Waals surface area contributed by atoms with Crippen molar-refractivity contribution in [2.24, 2.45) is 0 Å². The molecule has 0 aliphatic rings. The summed E-state index contributed by atoms with van der Waals surface area (Å²) >= 11 is 0. The van der Waals surface area contributed by atoms with Gasteiger partial charge < -0.3 is 9.47 Å². The Hall–Kier alpha value is -3.32. The molecule has 0 aliphatic heterocycles. The quantitative estimate of drug-likeness (QED) is 0.646. The Balaban J connectivity index is 1.98. The maximum Gasteiger partial charge on any atom is 0.123 e. The van der Waals surface area contributed by atoms with E-state index in [-0.39, 0.29) is 5.82 Å². The number of aromatic nitrogens is 1. The molecule has 0 amide bonds. The van der Waals surface area contributed by atoms with Gasteiger partial charge in [-0.15, -0.1) is 0 Å². The van der Waals surface area contributed by atoms with Crippen molar-refractivity contribution >= 4 is 17.3 Å². The van der Waals surface area contributed by atoms with Gasteiger partial charge in [-0.1, -0.05) is 12.1 Å². The number of nitrogens with zero attached hydrogens (tertiary/aromatic N) is 3. The summed E-state index contributed by atoms with van der Waals surface area (Å²) in [7, 11) is 4.00. The smallest absolute Gasteiger partial charge is 0.123 e. The Morgan fingerprint density at radius 3 is 2.32 bits per heavy atom. The van der Waals surface area contributed by atoms with Crippen LogP contribution in [0.5, 0.6) is 0 Å². The number of rotatable bonds is 4. The molecule has 0 unspecified atom stereocenters. The summed E-state index contributed by atoms with van der Waals surface area (Å²) in [6.45, 7) is 0. The topological polar surface area (TPSA) is 32.0 Å². The zero-order valence-corrected chi connectivity index (χ0v) is 14.1. The van der Waals surface area contributed by atoms with Gasteiger partial charge in [-0.25, -0.2) is 4.39 Å². The van der Waals surface area contributed by atoms with Crippen molar-refractivity contribution in [2.75, 3.05) is 19.0 Å². The standard InChI is InChI=1S/C21H18FN3/c1-24(2)19-9-11-20(12-10-19)25-13-3-4-21(25)14-17(15-23)16-5-7-18(22)8-6-16/h3-14H,1-2H3. The lowest BCUT2D eigenvalue weighted by Gasteiger charge is -2.14. The second-order valence-corrected chi connectivity index (χ2v) is 5.89. The van der Waals surface area contributed by atoms with Crippen molar-refractivity contribution in [3.8, 4) is 11.8 Å². The molecule has 0 radical (unpaired) electrons. The molecule has 25 heavy (non-hydrogen) atoms. The highest BCUT2D eigenvalue weighted by Crippen LogP contribution is 2.22. The normalized spacial score (nSPS) is 11.2. The summed E-state index contributed by atoms with van der Waals surface area (Å²) in [5.41, 5.74) is 4.21. The van der Waals surface area contributed by atoms with Crippen molar-refractivity contribution in [3.05, 3.63) is 83.9 Å². The number of benzene rings is 2. The molecular weight excluding hydrogens is 313 g/mol. The van der Waals surface area contributed by atoms with Crippen LogP contribution in [0, 0.1) is 17.1 Å². The van der Waals surface area contributed by atoms with Crippen LogP contribution in [0.1, 0.15) is 11.3 Å². The predicted molar refractivity (Wildman–Crippen MR) is 100.0 cm³/mol. The van der Waals surface area contributed by atoms with Crippen LogP contribution in [0.3, 0.4) is 0 Å². The van der Waals surface area contributed by atoms with Gasteiger partial charge in [0.1, 0.15) is 5.82 Å². The summed E-state index contributed by atoms with van der Waals surface area (Å²) in [6.07, 6.45) is 3.77. The molecule has 0 bridgehead atoms. The average Bonchev–Trinajstić information content (AvgIpc) is 3.09. The van der Waals surface area contributed by atoms with E-state index in [1.54, 1.807) is 12.1 Å². The third-order valence-electron chi connectivity index (χ3n) is 3.99. The van der Waals surface area contributed by atoms with Gasteiger partial charge in [-0.3, -0.25) is 0 Å². The summed E-state index contributed by atoms with van der Waals surface area (Å²) in [4.78, 5) is 2.04.